The number of rotatable bonds is 3. The fourth-order valence-corrected chi connectivity index (χ4v) is 7.86. The zero-order valence-corrected chi connectivity index (χ0v) is 18.6. The summed E-state index contributed by atoms with van der Waals surface area (Å²) in [6.45, 7) is 1.86. The Labute approximate surface area is 184 Å². The molecule has 1 aromatic carbocycles. The lowest BCUT2D eigenvalue weighted by Crippen LogP contribution is -2.46. The number of nitrogens with one attached hydrogen (secondary N) is 1. The average Bonchev–Trinajstić information content (AvgIpc) is 2.99. The van der Waals surface area contributed by atoms with E-state index in [1.165, 1.54) is 37.8 Å². The molecule has 0 amide bonds. The summed E-state index contributed by atoms with van der Waals surface area (Å²) < 4.78 is 41.6. The number of aromatic nitrogens is 1. The number of nitrogens with zero attached hydrogens (tertiary/aromatic N) is 1. The molecule has 2 heterocycles. The first kappa shape index (κ1) is 20.8. The van der Waals surface area contributed by atoms with Crippen LogP contribution in [0.2, 0.25) is 0 Å². The number of fused-ring (bicyclic) bond motifs is 2. The molecule has 3 fully saturated rings. The molecule has 2 aromatic rings. The third-order valence-corrected chi connectivity index (χ3v) is 9.63. The highest BCUT2D eigenvalue weighted by atomic mass is 32.2. The van der Waals surface area contributed by atoms with Crippen LogP contribution in [0.3, 0.4) is 0 Å². The Morgan fingerprint density at radius 3 is 2.74 bits per heavy atom. The number of pyridine rings is 1. The van der Waals surface area contributed by atoms with Crippen LogP contribution >= 0.6 is 0 Å². The molecule has 3 aliphatic rings. The van der Waals surface area contributed by atoms with Gasteiger partial charge in [-0.15, -0.1) is 0 Å². The summed E-state index contributed by atoms with van der Waals surface area (Å²) in [7, 11) is -3.24. The predicted octanol–water partition coefficient (Wildman–Crippen LogP) is 5.03. The molecule has 6 heteroatoms. The molecule has 1 N–H and O–H groups in total. The van der Waals surface area contributed by atoms with Crippen molar-refractivity contribution in [2.24, 2.45) is 23.7 Å². The van der Waals surface area contributed by atoms with Gasteiger partial charge in [0, 0.05) is 17.8 Å². The van der Waals surface area contributed by atoms with Crippen molar-refractivity contribution in [3.05, 3.63) is 60.2 Å². The molecule has 5 rings (SSSR count). The second-order valence-electron chi connectivity index (χ2n) is 9.41. The minimum absolute atomic E-state index is 0.0531. The number of allylic oxidation sites excluding steroid dienone is 1. The van der Waals surface area contributed by atoms with Crippen LogP contribution in [-0.2, 0) is 10.0 Å². The molecular weight excluding hydrogens is 411 g/mol. The molecule has 0 radical (unpaired) electrons. The summed E-state index contributed by atoms with van der Waals surface area (Å²) in [6.07, 6.45) is 11.9. The van der Waals surface area contributed by atoms with Gasteiger partial charge in [0.25, 0.3) is 0 Å². The van der Waals surface area contributed by atoms with Crippen molar-refractivity contribution in [2.45, 2.75) is 50.3 Å². The molecule has 2 aliphatic carbocycles. The van der Waals surface area contributed by atoms with E-state index in [1.807, 2.05) is 31.2 Å². The number of benzene rings is 1. The number of hydrogen-bond acceptors (Lipinski definition) is 3. The van der Waals surface area contributed by atoms with Gasteiger partial charge in [0.15, 0.2) is 0 Å². The van der Waals surface area contributed by atoms with E-state index in [9.17, 15) is 12.8 Å². The van der Waals surface area contributed by atoms with Crippen molar-refractivity contribution in [1.82, 2.24) is 9.71 Å². The number of halogens is 1. The predicted molar refractivity (Wildman–Crippen MR) is 121 cm³/mol. The third-order valence-electron chi connectivity index (χ3n) is 7.71. The van der Waals surface area contributed by atoms with Gasteiger partial charge in [0.1, 0.15) is 5.82 Å². The van der Waals surface area contributed by atoms with Crippen molar-refractivity contribution in [1.29, 1.82) is 0 Å². The molecule has 6 unspecified atom stereocenters. The highest BCUT2D eigenvalue weighted by molar-refractivity contribution is 7.90. The zero-order valence-electron chi connectivity index (χ0n) is 17.7. The summed E-state index contributed by atoms with van der Waals surface area (Å²) in [6, 6.07) is 10.5. The zero-order chi connectivity index (χ0) is 21.6. The van der Waals surface area contributed by atoms with E-state index in [4.69, 9.17) is 0 Å². The fourth-order valence-electron chi connectivity index (χ4n) is 6.19. The maximum Gasteiger partial charge on any atom is 0.214 e. The Bertz CT molecular complexity index is 1080. The largest absolute Gasteiger partial charge is 0.256 e. The van der Waals surface area contributed by atoms with Gasteiger partial charge in [-0.2, -0.15) is 0 Å². The van der Waals surface area contributed by atoms with E-state index in [-0.39, 0.29) is 28.9 Å². The van der Waals surface area contributed by atoms with Crippen LogP contribution in [0.1, 0.15) is 44.7 Å². The number of hydrogen-bond donors (Lipinski definition) is 1. The van der Waals surface area contributed by atoms with Crippen molar-refractivity contribution < 1.29 is 12.8 Å². The first-order valence-corrected chi connectivity index (χ1v) is 12.9. The second kappa shape index (κ2) is 8.14. The van der Waals surface area contributed by atoms with Crippen LogP contribution in [0.4, 0.5) is 4.39 Å². The molecule has 1 aliphatic heterocycles. The van der Waals surface area contributed by atoms with Gasteiger partial charge in [-0.05, 0) is 73.3 Å². The summed E-state index contributed by atoms with van der Waals surface area (Å²) in [4.78, 5) is 4.56. The van der Waals surface area contributed by atoms with Crippen LogP contribution in [0, 0.1) is 29.5 Å². The molecule has 1 aromatic heterocycles. The smallest absolute Gasteiger partial charge is 0.214 e. The van der Waals surface area contributed by atoms with E-state index in [1.54, 1.807) is 12.3 Å². The van der Waals surface area contributed by atoms with Gasteiger partial charge in [0.2, 0.25) is 10.0 Å². The SMILES string of the molecule is CC1C2C(CC3CCCCC3C2/C=C/c2ccc(-c3cccc(F)c3)cn2)NS1(=O)=O. The van der Waals surface area contributed by atoms with E-state index < -0.39 is 10.0 Å². The minimum atomic E-state index is -3.24. The van der Waals surface area contributed by atoms with Crippen LogP contribution in [0.5, 0.6) is 0 Å². The summed E-state index contributed by atoms with van der Waals surface area (Å²) in [5, 5.41) is -0.363. The maximum atomic E-state index is 13.5. The standard InChI is InChI=1S/C25H29FN2O2S/c1-16-25-23(22-8-3-2-5-18(22)14-24(25)28-31(16,29)30)12-11-21-10-9-19(15-27-21)17-6-4-7-20(26)13-17/h4,6-7,9-13,15-16,18,22-25,28H,2-3,5,8,14H2,1H3/b12-11+. The highest BCUT2D eigenvalue weighted by Gasteiger charge is 2.53. The normalized spacial score (nSPS) is 34.4. The Morgan fingerprint density at radius 2 is 1.97 bits per heavy atom. The average molecular weight is 441 g/mol. The Balaban J connectivity index is 1.41. The molecule has 31 heavy (non-hydrogen) atoms. The van der Waals surface area contributed by atoms with E-state index >= 15 is 0 Å². The minimum Gasteiger partial charge on any atom is -0.256 e. The summed E-state index contributed by atoms with van der Waals surface area (Å²) in [5.74, 6) is 1.25. The van der Waals surface area contributed by atoms with Crippen LogP contribution in [0.15, 0.2) is 48.7 Å². The van der Waals surface area contributed by atoms with E-state index in [0.717, 1.165) is 23.2 Å². The monoisotopic (exact) mass is 440 g/mol. The Kier molecular flexibility index (Phi) is 5.47. The van der Waals surface area contributed by atoms with E-state index in [0.29, 0.717) is 11.8 Å². The molecule has 0 bridgehead atoms. The molecule has 1 saturated heterocycles. The lowest BCUT2D eigenvalue weighted by molar-refractivity contribution is 0.0686. The fraction of sp³-hybridized carbons (Fsp3) is 0.480. The highest BCUT2D eigenvalue weighted by Crippen LogP contribution is 2.51. The van der Waals surface area contributed by atoms with Crippen molar-refractivity contribution in [3.63, 3.8) is 0 Å². The summed E-state index contributed by atoms with van der Waals surface area (Å²) in [5.41, 5.74) is 2.52. The quantitative estimate of drug-likeness (QED) is 0.728. The first-order valence-electron chi connectivity index (χ1n) is 11.3. The van der Waals surface area contributed by atoms with Crippen LogP contribution in [0.25, 0.3) is 17.2 Å². The third kappa shape index (κ3) is 3.96. The van der Waals surface area contributed by atoms with Gasteiger partial charge in [-0.3, -0.25) is 4.98 Å². The Hall–Kier alpha value is -2.05. The molecule has 4 nitrogen and oxygen atoms in total. The van der Waals surface area contributed by atoms with Crippen molar-refractivity contribution >= 4 is 16.1 Å². The molecule has 2 saturated carbocycles. The maximum absolute atomic E-state index is 13.5. The molecular formula is C25H29FN2O2S. The van der Waals surface area contributed by atoms with Gasteiger partial charge in [0.05, 0.1) is 10.9 Å². The number of sulfonamides is 1. The van der Waals surface area contributed by atoms with Crippen molar-refractivity contribution in [2.75, 3.05) is 0 Å². The first-order chi connectivity index (χ1) is 14.9. The second-order valence-corrected chi connectivity index (χ2v) is 11.5. The molecule has 164 valence electrons. The Morgan fingerprint density at radius 1 is 1.13 bits per heavy atom. The van der Waals surface area contributed by atoms with Gasteiger partial charge in [-0.25, -0.2) is 17.5 Å². The lowest BCUT2D eigenvalue weighted by atomic mass is 9.59. The topological polar surface area (TPSA) is 59.1 Å². The van der Waals surface area contributed by atoms with Crippen molar-refractivity contribution in [3.8, 4) is 11.1 Å². The van der Waals surface area contributed by atoms with Crippen LogP contribution in [-0.4, -0.2) is 24.7 Å². The van der Waals surface area contributed by atoms with Gasteiger partial charge < -0.3 is 0 Å². The van der Waals surface area contributed by atoms with Crippen LogP contribution < -0.4 is 4.72 Å². The van der Waals surface area contributed by atoms with E-state index in [2.05, 4.69) is 15.8 Å². The summed E-state index contributed by atoms with van der Waals surface area (Å²) >= 11 is 0. The van der Waals surface area contributed by atoms with Gasteiger partial charge in [-0.1, -0.05) is 43.5 Å². The van der Waals surface area contributed by atoms with Gasteiger partial charge >= 0.3 is 0 Å². The lowest BCUT2D eigenvalue weighted by Gasteiger charge is -2.46. The molecule has 0 spiro atoms. The molecule has 6 atom stereocenters.